The lowest BCUT2D eigenvalue weighted by Gasteiger charge is -2.25. The van der Waals surface area contributed by atoms with Crippen molar-refractivity contribution in [3.63, 3.8) is 0 Å². The van der Waals surface area contributed by atoms with E-state index in [0.717, 1.165) is 35.9 Å². The first-order chi connectivity index (χ1) is 12.1. The number of aromatic nitrogens is 2. The molecular formula is C18H21N5O2. The molecule has 2 aliphatic rings. The molecule has 7 nitrogen and oxygen atoms in total. The summed E-state index contributed by atoms with van der Waals surface area (Å²) >= 11 is 0. The van der Waals surface area contributed by atoms with Gasteiger partial charge in [-0.2, -0.15) is 5.10 Å². The molecule has 1 N–H and O–H groups in total. The highest BCUT2D eigenvalue weighted by Gasteiger charge is 2.29. The second-order valence-corrected chi connectivity index (χ2v) is 6.51. The largest absolute Gasteiger partial charge is 0.379 e. The third-order valence-corrected chi connectivity index (χ3v) is 4.51. The minimum atomic E-state index is -0.106. The van der Waals surface area contributed by atoms with Gasteiger partial charge in [-0.1, -0.05) is 6.07 Å². The maximum Gasteiger partial charge on any atom is 0.279 e. The number of guanidine groups is 1. The van der Waals surface area contributed by atoms with Gasteiger partial charge in [-0.25, -0.2) is 4.99 Å². The third kappa shape index (κ3) is 3.15. The second-order valence-electron chi connectivity index (χ2n) is 6.51. The van der Waals surface area contributed by atoms with Crippen LogP contribution < -0.4 is 5.32 Å². The highest BCUT2D eigenvalue weighted by Crippen LogP contribution is 2.20. The molecule has 1 aromatic carbocycles. The van der Waals surface area contributed by atoms with Gasteiger partial charge in [-0.15, -0.1) is 0 Å². The van der Waals surface area contributed by atoms with Crippen LogP contribution in [-0.4, -0.2) is 52.9 Å². The number of nitrogens with zero attached hydrogens (tertiary/aromatic N) is 4. The van der Waals surface area contributed by atoms with E-state index >= 15 is 0 Å². The van der Waals surface area contributed by atoms with Crippen molar-refractivity contribution in [1.29, 1.82) is 0 Å². The molecule has 2 aromatic rings. The Balaban J connectivity index is 1.58. The van der Waals surface area contributed by atoms with Crippen LogP contribution in [-0.2, 0) is 16.6 Å². The summed E-state index contributed by atoms with van der Waals surface area (Å²) < 4.78 is 7.26. The maximum atomic E-state index is 12.5. The average Bonchev–Trinajstić information content (AvgIpc) is 3.10. The third-order valence-electron chi connectivity index (χ3n) is 4.51. The molecule has 3 heterocycles. The van der Waals surface area contributed by atoms with Gasteiger partial charge in [0.25, 0.3) is 5.91 Å². The maximum absolute atomic E-state index is 12.5. The van der Waals surface area contributed by atoms with Crippen LogP contribution in [0.3, 0.4) is 0 Å². The Morgan fingerprint density at radius 3 is 3.04 bits per heavy atom. The van der Waals surface area contributed by atoms with Crippen LogP contribution in [0.1, 0.15) is 18.4 Å². The molecule has 0 aliphatic carbocycles. The van der Waals surface area contributed by atoms with Crippen LogP contribution >= 0.6 is 0 Å². The van der Waals surface area contributed by atoms with Gasteiger partial charge in [0.15, 0.2) is 0 Å². The number of amides is 1. The number of aliphatic imine (C=N–C) groups is 1. The van der Waals surface area contributed by atoms with Gasteiger partial charge in [0.1, 0.15) is 5.70 Å². The minimum Gasteiger partial charge on any atom is -0.379 e. The van der Waals surface area contributed by atoms with Gasteiger partial charge >= 0.3 is 0 Å². The molecule has 0 bridgehead atoms. The molecular weight excluding hydrogens is 318 g/mol. The highest BCUT2D eigenvalue weighted by molar-refractivity contribution is 6.13. The number of hydrogen-bond acceptors (Lipinski definition) is 5. The Labute approximate surface area is 146 Å². The summed E-state index contributed by atoms with van der Waals surface area (Å²) in [6, 6.07) is 6.12. The fourth-order valence-corrected chi connectivity index (χ4v) is 3.18. The summed E-state index contributed by atoms with van der Waals surface area (Å²) in [5.41, 5.74) is 2.30. The topological polar surface area (TPSA) is 71.8 Å². The van der Waals surface area contributed by atoms with E-state index in [4.69, 9.17) is 4.74 Å². The Kier molecular flexibility index (Phi) is 4.01. The van der Waals surface area contributed by atoms with Crippen LogP contribution in [0.15, 0.2) is 35.1 Å². The molecule has 0 saturated carbocycles. The molecule has 0 spiro atoms. The number of benzene rings is 1. The molecule has 130 valence electrons. The fraction of sp³-hybridized carbons (Fsp3) is 0.389. The van der Waals surface area contributed by atoms with Crippen molar-refractivity contribution in [3.8, 4) is 0 Å². The zero-order chi connectivity index (χ0) is 17.4. The van der Waals surface area contributed by atoms with E-state index in [2.05, 4.69) is 15.4 Å². The Bertz CT molecular complexity index is 877. The van der Waals surface area contributed by atoms with Crippen molar-refractivity contribution < 1.29 is 9.53 Å². The van der Waals surface area contributed by atoms with Crippen LogP contribution in [0.5, 0.6) is 0 Å². The van der Waals surface area contributed by atoms with E-state index in [9.17, 15) is 4.79 Å². The zero-order valence-electron chi connectivity index (χ0n) is 14.4. The minimum absolute atomic E-state index is 0.106. The van der Waals surface area contributed by atoms with Gasteiger partial charge in [-0.05, 0) is 36.6 Å². The van der Waals surface area contributed by atoms with E-state index in [1.54, 1.807) is 16.6 Å². The number of nitrogens with one attached hydrogen (secondary N) is 1. The Hall–Kier alpha value is -2.67. The molecule has 1 fully saturated rings. The van der Waals surface area contributed by atoms with Gasteiger partial charge < -0.3 is 10.1 Å². The van der Waals surface area contributed by atoms with Crippen LogP contribution in [0.4, 0.5) is 0 Å². The van der Waals surface area contributed by atoms with E-state index in [-0.39, 0.29) is 11.9 Å². The molecule has 0 unspecified atom stereocenters. The molecule has 7 heteroatoms. The number of fused-ring (bicyclic) bond motifs is 1. The van der Waals surface area contributed by atoms with Gasteiger partial charge in [0, 0.05) is 32.3 Å². The highest BCUT2D eigenvalue weighted by atomic mass is 16.5. The van der Waals surface area contributed by atoms with Crippen molar-refractivity contribution in [2.75, 3.05) is 20.3 Å². The lowest BCUT2D eigenvalue weighted by Crippen LogP contribution is -2.46. The first kappa shape index (κ1) is 15.8. The lowest BCUT2D eigenvalue weighted by molar-refractivity contribution is -0.121. The number of aryl methyl sites for hydroxylation is 1. The fourth-order valence-electron chi connectivity index (χ4n) is 3.18. The number of hydrogen-bond donors (Lipinski definition) is 1. The SMILES string of the molecule is CN1C(=O)/C(=C/c2ccc3nn(C)cc3c2)N=C1N[C@H]1CCCOC1. The van der Waals surface area contributed by atoms with Crippen LogP contribution in [0, 0.1) is 0 Å². The van der Waals surface area contributed by atoms with E-state index in [0.29, 0.717) is 18.3 Å². The molecule has 1 atom stereocenters. The van der Waals surface area contributed by atoms with E-state index < -0.39 is 0 Å². The zero-order valence-corrected chi connectivity index (χ0v) is 14.4. The van der Waals surface area contributed by atoms with Crippen molar-refractivity contribution in [3.05, 3.63) is 35.7 Å². The summed E-state index contributed by atoms with van der Waals surface area (Å²) in [6.45, 7) is 1.46. The summed E-state index contributed by atoms with van der Waals surface area (Å²) in [5.74, 6) is 0.486. The quantitative estimate of drug-likeness (QED) is 0.842. The number of carbonyl (C=O) groups is 1. The lowest BCUT2D eigenvalue weighted by atomic mass is 10.1. The number of carbonyl (C=O) groups excluding carboxylic acids is 1. The molecule has 1 aromatic heterocycles. The van der Waals surface area contributed by atoms with E-state index in [1.807, 2.05) is 37.5 Å². The van der Waals surface area contributed by atoms with Crippen molar-refractivity contribution in [2.24, 2.45) is 12.0 Å². The van der Waals surface area contributed by atoms with Crippen molar-refractivity contribution in [1.82, 2.24) is 20.0 Å². The normalized spacial score (nSPS) is 22.7. The number of likely N-dealkylation sites (N-methyl/N-ethyl adjacent to an activating group) is 1. The molecule has 25 heavy (non-hydrogen) atoms. The van der Waals surface area contributed by atoms with Gasteiger partial charge in [0.2, 0.25) is 5.96 Å². The molecule has 1 amide bonds. The molecule has 2 aliphatic heterocycles. The second kappa shape index (κ2) is 6.33. The molecule has 4 rings (SSSR count). The first-order valence-corrected chi connectivity index (χ1v) is 8.46. The predicted molar refractivity (Wildman–Crippen MR) is 95.9 cm³/mol. The Morgan fingerprint density at radius 2 is 2.24 bits per heavy atom. The smallest absolute Gasteiger partial charge is 0.279 e. The van der Waals surface area contributed by atoms with Crippen LogP contribution in [0.2, 0.25) is 0 Å². The summed E-state index contributed by atoms with van der Waals surface area (Å²) in [7, 11) is 3.63. The summed E-state index contributed by atoms with van der Waals surface area (Å²) in [5, 5.41) is 8.72. The van der Waals surface area contributed by atoms with Gasteiger partial charge in [-0.3, -0.25) is 14.4 Å². The van der Waals surface area contributed by atoms with Crippen LogP contribution in [0.25, 0.3) is 17.0 Å². The van der Waals surface area contributed by atoms with E-state index in [1.165, 1.54) is 0 Å². The average molecular weight is 339 g/mol. The summed E-state index contributed by atoms with van der Waals surface area (Å²) in [4.78, 5) is 18.5. The number of rotatable bonds is 2. The van der Waals surface area contributed by atoms with Gasteiger partial charge in [0.05, 0.1) is 18.2 Å². The predicted octanol–water partition coefficient (Wildman–Crippen LogP) is 1.51. The monoisotopic (exact) mass is 339 g/mol. The molecule has 1 saturated heterocycles. The number of ether oxygens (including phenoxy) is 1. The Morgan fingerprint density at radius 1 is 1.36 bits per heavy atom. The summed E-state index contributed by atoms with van der Waals surface area (Å²) in [6.07, 6.45) is 5.82. The molecule has 0 radical (unpaired) electrons. The standard InChI is InChI=1S/C18H21N5O2/c1-22-10-13-8-12(5-6-15(13)21-22)9-16-17(24)23(2)18(20-16)19-14-4-3-7-25-11-14/h5-6,8-10,14H,3-4,7,11H2,1-2H3,(H,19,20)/b16-9-/t14-/m0/s1. The van der Waals surface area contributed by atoms with Crippen molar-refractivity contribution >= 4 is 28.8 Å². The van der Waals surface area contributed by atoms with Crippen molar-refractivity contribution in [2.45, 2.75) is 18.9 Å². The first-order valence-electron chi connectivity index (χ1n) is 8.46.